The van der Waals surface area contributed by atoms with Gasteiger partial charge in [0.1, 0.15) is 0 Å². The molecule has 0 unspecified atom stereocenters. The Morgan fingerprint density at radius 1 is 1.53 bits per heavy atom. The van der Waals surface area contributed by atoms with Crippen LogP contribution in [0.2, 0.25) is 5.02 Å². The Balaban J connectivity index is 2.85. The van der Waals surface area contributed by atoms with Gasteiger partial charge in [0, 0.05) is 25.7 Å². The molecule has 0 heterocycles. The first kappa shape index (κ1) is 13.9. The maximum atomic E-state index is 10.9. The average molecular weight is 258 g/mol. The van der Waals surface area contributed by atoms with Gasteiger partial charge in [-0.05, 0) is 20.2 Å². The molecule has 6 heteroatoms. The fourth-order valence-corrected chi connectivity index (χ4v) is 1.76. The number of nitrogens with zero attached hydrogens (tertiary/aromatic N) is 2. The molecule has 0 radical (unpaired) electrons. The molecule has 0 fully saturated rings. The maximum absolute atomic E-state index is 10.9. The van der Waals surface area contributed by atoms with Crippen molar-refractivity contribution in [3.8, 4) is 0 Å². The highest BCUT2D eigenvalue weighted by molar-refractivity contribution is 6.31. The number of nitro benzene ring substituents is 1. The van der Waals surface area contributed by atoms with Gasteiger partial charge in [-0.15, -0.1) is 0 Å². The second-order valence-corrected chi connectivity index (χ2v) is 4.24. The summed E-state index contributed by atoms with van der Waals surface area (Å²) in [6.45, 7) is 2.10. The fourth-order valence-electron chi connectivity index (χ4n) is 1.53. The molecule has 1 aromatic carbocycles. The summed E-state index contributed by atoms with van der Waals surface area (Å²) in [5, 5.41) is 14.4. The van der Waals surface area contributed by atoms with E-state index >= 15 is 0 Å². The van der Waals surface area contributed by atoms with Crippen LogP contribution in [0.15, 0.2) is 18.2 Å². The number of benzene rings is 1. The van der Waals surface area contributed by atoms with Gasteiger partial charge in [0.05, 0.1) is 15.5 Å². The summed E-state index contributed by atoms with van der Waals surface area (Å²) in [5.41, 5.74) is 0.645. The van der Waals surface area contributed by atoms with Crippen LogP contribution in [0.3, 0.4) is 0 Å². The van der Waals surface area contributed by atoms with E-state index in [0.717, 1.165) is 13.1 Å². The van der Waals surface area contributed by atoms with E-state index in [2.05, 4.69) is 5.32 Å². The molecule has 0 aliphatic rings. The van der Waals surface area contributed by atoms with Crippen molar-refractivity contribution >= 4 is 17.3 Å². The summed E-state index contributed by atoms with van der Waals surface area (Å²) in [5.74, 6) is 0. The highest BCUT2D eigenvalue weighted by Crippen LogP contribution is 2.27. The van der Waals surface area contributed by atoms with Crippen molar-refractivity contribution in [3.63, 3.8) is 0 Å². The summed E-state index contributed by atoms with van der Waals surface area (Å²) in [4.78, 5) is 12.5. The zero-order valence-electron chi connectivity index (χ0n) is 9.94. The van der Waals surface area contributed by atoms with Gasteiger partial charge in [0.25, 0.3) is 5.69 Å². The molecule has 5 nitrogen and oxygen atoms in total. The van der Waals surface area contributed by atoms with Crippen LogP contribution in [0, 0.1) is 10.1 Å². The second-order valence-electron chi connectivity index (χ2n) is 3.84. The molecule has 0 amide bonds. The fraction of sp³-hybridized carbons (Fsp3) is 0.455. The maximum Gasteiger partial charge on any atom is 0.275 e. The molecule has 1 rings (SSSR count). The summed E-state index contributed by atoms with van der Waals surface area (Å²) in [6, 6.07) is 4.75. The summed E-state index contributed by atoms with van der Waals surface area (Å²) >= 11 is 6.00. The molecule has 0 aliphatic carbocycles. The summed E-state index contributed by atoms with van der Waals surface area (Å²) in [7, 11) is 3.77. The number of rotatable bonds is 6. The van der Waals surface area contributed by atoms with Crippen LogP contribution in [-0.4, -0.2) is 37.0 Å². The number of likely N-dealkylation sites (N-methyl/N-ethyl adjacent to an activating group) is 2. The van der Waals surface area contributed by atoms with Crippen molar-refractivity contribution in [1.29, 1.82) is 0 Å². The van der Waals surface area contributed by atoms with Crippen molar-refractivity contribution in [2.24, 2.45) is 0 Å². The van der Waals surface area contributed by atoms with Crippen molar-refractivity contribution < 1.29 is 4.92 Å². The van der Waals surface area contributed by atoms with Gasteiger partial charge in [-0.1, -0.05) is 17.7 Å². The smallest absolute Gasteiger partial charge is 0.275 e. The van der Waals surface area contributed by atoms with Gasteiger partial charge in [0.2, 0.25) is 0 Å². The van der Waals surface area contributed by atoms with E-state index in [1.165, 1.54) is 6.07 Å². The third-order valence-electron chi connectivity index (χ3n) is 2.46. The standard InChI is InChI=1S/C11H16ClN3O2/c1-13-6-7-14(2)8-9-10(12)4-3-5-11(9)15(16)17/h3-5,13H,6-8H2,1-2H3. The molecule has 1 N–H and O–H groups in total. The monoisotopic (exact) mass is 257 g/mol. The third kappa shape index (κ3) is 3.96. The molecule has 1 aromatic rings. The van der Waals surface area contributed by atoms with Crippen molar-refractivity contribution in [3.05, 3.63) is 38.9 Å². The number of hydrogen-bond acceptors (Lipinski definition) is 4. The number of nitro groups is 1. The number of hydrogen-bond donors (Lipinski definition) is 1. The van der Waals surface area contributed by atoms with Crippen LogP contribution < -0.4 is 5.32 Å². The minimum Gasteiger partial charge on any atom is -0.318 e. The zero-order chi connectivity index (χ0) is 12.8. The van der Waals surface area contributed by atoms with Gasteiger partial charge >= 0.3 is 0 Å². The molecule has 0 atom stereocenters. The lowest BCUT2D eigenvalue weighted by Gasteiger charge is -2.17. The largest absolute Gasteiger partial charge is 0.318 e. The molecular formula is C11H16ClN3O2. The minimum absolute atomic E-state index is 0.0776. The van der Waals surface area contributed by atoms with E-state index in [9.17, 15) is 10.1 Å². The molecule has 0 spiro atoms. The first-order valence-electron chi connectivity index (χ1n) is 5.31. The molecule has 0 aliphatic heterocycles. The van der Waals surface area contributed by atoms with Crippen molar-refractivity contribution in [1.82, 2.24) is 10.2 Å². The molecule has 0 saturated carbocycles. The summed E-state index contributed by atoms with van der Waals surface area (Å²) in [6.07, 6.45) is 0. The minimum atomic E-state index is -0.396. The van der Waals surface area contributed by atoms with Crippen LogP contribution in [-0.2, 0) is 6.54 Å². The third-order valence-corrected chi connectivity index (χ3v) is 2.82. The van der Waals surface area contributed by atoms with E-state index in [0.29, 0.717) is 17.1 Å². The lowest BCUT2D eigenvalue weighted by molar-refractivity contribution is -0.385. The molecular weight excluding hydrogens is 242 g/mol. The Morgan fingerprint density at radius 3 is 2.82 bits per heavy atom. The van der Waals surface area contributed by atoms with Gasteiger partial charge in [-0.3, -0.25) is 10.1 Å². The first-order chi connectivity index (χ1) is 8.06. The Morgan fingerprint density at radius 2 is 2.24 bits per heavy atom. The van der Waals surface area contributed by atoms with Crippen LogP contribution in [0.25, 0.3) is 0 Å². The van der Waals surface area contributed by atoms with Crippen molar-refractivity contribution in [2.75, 3.05) is 27.2 Å². The topological polar surface area (TPSA) is 58.4 Å². The Labute approximate surface area is 106 Å². The lowest BCUT2D eigenvalue weighted by Crippen LogP contribution is -2.27. The second kappa shape index (κ2) is 6.54. The van der Waals surface area contributed by atoms with E-state index in [-0.39, 0.29) is 5.69 Å². The lowest BCUT2D eigenvalue weighted by atomic mass is 10.1. The van der Waals surface area contributed by atoms with Crippen LogP contribution in [0.1, 0.15) is 5.56 Å². The Bertz CT molecular complexity index is 398. The highest BCUT2D eigenvalue weighted by atomic mass is 35.5. The molecule has 0 saturated heterocycles. The Kier molecular flexibility index (Phi) is 5.34. The summed E-state index contributed by atoms with van der Waals surface area (Å²) < 4.78 is 0. The number of nitrogens with one attached hydrogen (secondary N) is 1. The van der Waals surface area contributed by atoms with Gasteiger partial charge in [-0.25, -0.2) is 0 Å². The van der Waals surface area contributed by atoms with E-state index in [4.69, 9.17) is 11.6 Å². The molecule has 17 heavy (non-hydrogen) atoms. The Hall–Kier alpha value is -1.17. The zero-order valence-corrected chi connectivity index (χ0v) is 10.7. The van der Waals surface area contributed by atoms with Gasteiger partial charge < -0.3 is 10.2 Å². The normalized spacial score (nSPS) is 10.8. The molecule has 0 bridgehead atoms. The van der Waals surface area contributed by atoms with Crippen LogP contribution in [0.4, 0.5) is 5.69 Å². The van der Waals surface area contributed by atoms with Gasteiger partial charge in [0.15, 0.2) is 0 Å². The quantitative estimate of drug-likeness (QED) is 0.625. The van der Waals surface area contributed by atoms with Crippen molar-refractivity contribution in [2.45, 2.75) is 6.54 Å². The van der Waals surface area contributed by atoms with E-state index in [1.54, 1.807) is 12.1 Å². The first-order valence-corrected chi connectivity index (χ1v) is 5.69. The predicted octanol–water partition coefficient (Wildman–Crippen LogP) is 1.90. The molecule has 0 aromatic heterocycles. The number of halogens is 1. The highest BCUT2D eigenvalue weighted by Gasteiger charge is 2.17. The SMILES string of the molecule is CNCCN(C)Cc1c(Cl)cccc1[N+](=O)[O-]. The van der Waals surface area contributed by atoms with Gasteiger partial charge in [-0.2, -0.15) is 0 Å². The van der Waals surface area contributed by atoms with E-state index < -0.39 is 4.92 Å². The van der Waals surface area contributed by atoms with E-state index in [1.807, 2.05) is 19.0 Å². The van der Waals surface area contributed by atoms with Crippen LogP contribution >= 0.6 is 11.6 Å². The molecule has 94 valence electrons. The average Bonchev–Trinajstić information content (AvgIpc) is 2.28. The van der Waals surface area contributed by atoms with Crippen LogP contribution in [0.5, 0.6) is 0 Å². The predicted molar refractivity (Wildman–Crippen MR) is 68.4 cm³/mol.